The molecule has 0 saturated carbocycles. The van der Waals surface area contributed by atoms with Crippen molar-refractivity contribution in [3.05, 3.63) is 94.5 Å². The van der Waals surface area contributed by atoms with Gasteiger partial charge in [0, 0.05) is 16.3 Å². The molecule has 3 aromatic rings. The molecule has 0 unspecified atom stereocenters. The van der Waals surface area contributed by atoms with E-state index >= 15 is 0 Å². The van der Waals surface area contributed by atoms with Crippen LogP contribution in [0.1, 0.15) is 26.3 Å². The Balaban J connectivity index is 1.72. The molecule has 0 saturated heterocycles. The van der Waals surface area contributed by atoms with E-state index in [0.29, 0.717) is 22.0 Å². The van der Waals surface area contributed by atoms with Gasteiger partial charge >= 0.3 is 0 Å². The number of nitrogens with two attached hydrogens (primary N) is 1. The molecule has 0 aliphatic rings. The van der Waals surface area contributed by atoms with Crippen LogP contribution in [0.4, 0.5) is 5.69 Å². The summed E-state index contributed by atoms with van der Waals surface area (Å²) in [6, 6.07) is 20.9. The maximum Gasteiger partial charge on any atom is 0.255 e. The van der Waals surface area contributed by atoms with Crippen LogP contribution in [0.25, 0.3) is 0 Å². The van der Waals surface area contributed by atoms with Gasteiger partial charge in [-0.2, -0.15) is 0 Å². The highest BCUT2D eigenvalue weighted by atomic mass is 35.5. The molecule has 6 heteroatoms. The highest BCUT2D eigenvalue weighted by molar-refractivity contribution is 6.30. The Morgan fingerprint density at radius 2 is 1.74 bits per heavy atom. The summed E-state index contributed by atoms with van der Waals surface area (Å²) >= 11 is 5.96. The van der Waals surface area contributed by atoms with Crippen molar-refractivity contribution in [2.75, 3.05) is 5.32 Å². The number of carbonyl (C=O) groups excluding carboxylic acids is 2. The minimum absolute atomic E-state index is 0.160. The van der Waals surface area contributed by atoms with Crippen LogP contribution in [0.15, 0.2) is 72.8 Å². The molecule has 0 fully saturated rings. The molecular formula is C21H17ClN2O3. The highest BCUT2D eigenvalue weighted by Gasteiger charge is 2.11. The normalized spacial score (nSPS) is 10.3. The fraction of sp³-hybridized carbons (Fsp3) is 0.0476. The van der Waals surface area contributed by atoms with Crippen LogP contribution in [0.2, 0.25) is 5.02 Å². The molecule has 0 aromatic heterocycles. The maximum atomic E-state index is 12.4. The van der Waals surface area contributed by atoms with E-state index in [9.17, 15) is 9.59 Å². The predicted octanol–water partition coefficient (Wildman–Crippen LogP) is 4.27. The van der Waals surface area contributed by atoms with Crippen molar-refractivity contribution in [3.8, 4) is 5.75 Å². The van der Waals surface area contributed by atoms with E-state index in [1.807, 2.05) is 36.4 Å². The third-order valence-corrected chi connectivity index (χ3v) is 4.06. The lowest BCUT2D eigenvalue weighted by molar-refractivity contribution is 0.0994. The average molecular weight is 381 g/mol. The summed E-state index contributed by atoms with van der Waals surface area (Å²) in [6.45, 7) is 0.160. The van der Waals surface area contributed by atoms with Gasteiger partial charge in [0.15, 0.2) is 0 Å². The summed E-state index contributed by atoms with van der Waals surface area (Å²) in [5.74, 6) is -0.518. The lowest BCUT2D eigenvalue weighted by Gasteiger charge is -2.11. The second-order valence-electron chi connectivity index (χ2n) is 5.81. The molecule has 3 rings (SSSR count). The lowest BCUT2D eigenvalue weighted by atomic mass is 10.1. The van der Waals surface area contributed by atoms with Gasteiger partial charge in [0.2, 0.25) is 0 Å². The Hall–Kier alpha value is -3.31. The predicted molar refractivity (Wildman–Crippen MR) is 105 cm³/mol. The lowest BCUT2D eigenvalue weighted by Crippen LogP contribution is -2.13. The first-order valence-electron chi connectivity index (χ1n) is 8.20. The monoisotopic (exact) mass is 380 g/mol. The summed E-state index contributed by atoms with van der Waals surface area (Å²) in [5.41, 5.74) is 7.59. The second-order valence-corrected chi connectivity index (χ2v) is 6.25. The van der Waals surface area contributed by atoms with Crippen molar-refractivity contribution >= 4 is 29.1 Å². The minimum atomic E-state index is -0.599. The third kappa shape index (κ3) is 4.86. The quantitative estimate of drug-likeness (QED) is 0.670. The zero-order chi connectivity index (χ0) is 19.2. The van der Waals surface area contributed by atoms with Gasteiger partial charge in [0.25, 0.3) is 11.8 Å². The van der Waals surface area contributed by atoms with Gasteiger partial charge in [0.1, 0.15) is 12.4 Å². The van der Waals surface area contributed by atoms with Crippen molar-refractivity contribution in [3.63, 3.8) is 0 Å². The van der Waals surface area contributed by atoms with Crippen molar-refractivity contribution in [2.45, 2.75) is 6.61 Å². The van der Waals surface area contributed by atoms with E-state index in [-0.39, 0.29) is 18.1 Å². The van der Waals surface area contributed by atoms with Crippen LogP contribution in [-0.4, -0.2) is 11.8 Å². The van der Waals surface area contributed by atoms with Crippen LogP contribution < -0.4 is 15.8 Å². The molecule has 2 amide bonds. The first kappa shape index (κ1) is 18.5. The molecule has 27 heavy (non-hydrogen) atoms. The molecular weight excluding hydrogens is 364 g/mol. The van der Waals surface area contributed by atoms with E-state index in [4.69, 9.17) is 22.1 Å². The molecule has 0 spiro atoms. The summed E-state index contributed by atoms with van der Waals surface area (Å²) in [6.07, 6.45) is 0. The fourth-order valence-corrected chi connectivity index (χ4v) is 2.67. The number of amides is 2. The van der Waals surface area contributed by atoms with E-state index in [0.717, 1.165) is 5.56 Å². The van der Waals surface area contributed by atoms with Gasteiger partial charge in [-0.1, -0.05) is 41.9 Å². The Kier molecular flexibility index (Phi) is 5.74. The number of carbonyl (C=O) groups is 2. The van der Waals surface area contributed by atoms with Crippen LogP contribution >= 0.6 is 11.6 Å². The van der Waals surface area contributed by atoms with Crippen molar-refractivity contribution in [2.24, 2.45) is 5.73 Å². The van der Waals surface area contributed by atoms with E-state index in [1.165, 1.54) is 12.1 Å². The van der Waals surface area contributed by atoms with Gasteiger partial charge in [-0.05, 0) is 48.0 Å². The topological polar surface area (TPSA) is 81.4 Å². The van der Waals surface area contributed by atoms with Crippen molar-refractivity contribution in [1.29, 1.82) is 0 Å². The number of rotatable bonds is 6. The Morgan fingerprint density at radius 1 is 0.963 bits per heavy atom. The summed E-state index contributed by atoms with van der Waals surface area (Å²) < 4.78 is 5.70. The number of primary amides is 1. The Bertz CT molecular complexity index is 974. The molecule has 5 nitrogen and oxygen atoms in total. The van der Waals surface area contributed by atoms with Crippen LogP contribution in [0, 0.1) is 0 Å². The fourth-order valence-electron chi connectivity index (χ4n) is 2.51. The minimum Gasteiger partial charge on any atom is -0.488 e. The maximum absolute atomic E-state index is 12.4. The molecule has 0 atom stereocenters. The zero-order valence-corrected chi connectivity index (χ0v) is 15.1. The molecule has 3 aromatic carbocycles. The zero-order valence-electron chi connectivity index (χ0n) is 14.3. The van der Waals surface area contributed by atoms with E-state index < -0.39 is 5.91 Å². The number of anilines is 1. The molecule has 136 valence electrons. The van der Waals surface area contributed by atoms with Gasteiger partial charge in [-0.3, -0.25) is 9.59 Å². The highest BCUT2D eigenvalue weighted by Crippen LogP contribution is 2.24. The SMILES string of the molecule is NC(=O)c1ccc(Cl)cc1OCc1cccc(C(=O)Nc2ccccc2)c1. The summed E-state index contributed by atoms with van der Waals surface area (Å²) in [5, 5.41) is 3.27. The van der Waals surface area contributed by atoms with Gasteiger partial charge in [-0.25, -0.2) is 0 Å². The molecule has 0 bridgehead atoms. The number of benzene rings is 3. The summed E-state index contributed by atoms with van der Waals surface area (Å²) in [4.78, 5) is 23.9. The number of halogens is 1. The molecule has 0 heterocycles. The van der Waals surface area contributed by atoms with Crippen LogP contribution in [0.5, 0.6) is 5.75 Å². The molecule has 0 aliphatic carbocycles. The van der Waals surface area contributed by atoms with Crippen LogP contribution in [-0.2, 0) is 6.61 Å². The number of ether oxygens (including phenoxy) is 1. The largest absolute Gasteiger partial charge is 0.488 e. The number of nitrogens with one attached hydrogen (secondary N) is 1. The van der Waals surface area contributed by atoms with Crippen molar-refractivity contribution in [1.82, 2.24) is 0 Å². The number of hydrogen-bond acceptors (Lipinski definition) is 3. The molecule has 0 aliphatic heterocycles. The summed E-state index contributed by atoms with van der Waals surface area (Å²) in [7, 11) is 0. The van der Waals surface area contributed by atoms with Crippen molar-refractivity contribution < 1.29 is 14.3 Å². The van der Waals surface area contributed by atoms with Crippen LogP contribution in [0.3, 0.4) is 0 Å². The van der Waals surface area contributed by atoms with Gasteiger partial charge in [0.05, 0.1) is 5.56 Å². The first-order valence-corrected chi connectivity index (χ1v) is 8.58. The smallest absolute Gasteiger partial charge is 0.255 e. The number of hydrogen-bond donors (Lipinski definition) is 2. The molecule has 0 radical (unpaired) electrons. The number of para-hydroxylation sites is 1. The Labute approximate surface area is 161 Å². The third-order valence-electron chi connectivity index (χ3n) is 3.82. The van der Waals surface area contributed by atoms with E-state index in [2.05, 4.69) is 5.32 Å². The molecule has 3 N–H and O–H groups in total. The second kappa shape index (κ2) is 8.38. The van der Waals surface area contributed by atoms with Gasteiger partial charge < -0.3 is 15.8 Å². The van der Waals surface area contributed by atoms with E-state index in [1.54, 1.807) is 24.3 Å². The first-order chi connectivity index (χ1) is 13.0. The average Bonchev–Trinajstić information content (AvgIpc) is 2.67. The van der Waals surface area contributed by atoms with Gasteiger partial charge in [-0.15, -0.1) is 0 Å². The standard InChI is InChI=1S/C21H17ClN2O3/c22-16-9-10-18(20(23)25)19(12-16)27-13-14-5-4-6-15(11-14)21(26)24-17-7-2-1-3-8-17/h1-12H,13H2,(H2,23,25)(H,24,26). The Morgan fingerprint density at radius 3 is 2.48 bits per heavy atom.